The Bertz CT molecular complexity index is 137. The molecule has 1 saturated heterocycles. The van der Waals surface area contributed by atoms with Crippen molar-refractivity contribution in [1.82, 2.24) is 10.2 Å². The lowest BCUT2D eigenvalue weighted by molar-refractivity contribution is 0.298. The molecule has 12 heavy (non-hydrogen) atoms. The molecule has 0 bridgehead atoms. The van der Waals surface area contributed by atoms with Gasteiger partial charge in [0.05, 0.1) is 0 Å². The van der Waals surface area contributed by atoms with Gasteiger partial charge in [0.2, 0.25) is 0 Å². The van der Waals surface area contributed by atoms with E-state index in [0.717, 1.165) is 6.04 Å². The standard InChI is InChI=1S/C10H20N2/c1-9(11-10-4-5-10)8-12-6-2-3-7-12/h9-11H,2-8H2,1H3. The Morgan fingerprint density at radius 1 is 1.33 bits per heavy atom. The highest BCUT2D eigenvalue weighted by Gasteiger charge is 2.23. The van der Waals surface area contributed by atoms with E-state index in [0.29, 0.717) is 6.04 Å². The number of hydrogen-bond donors (Lipinski definition) is 1. The quantitative estimate of drug-likeness (QED) is 0.679. The van der Waals surface area contributed by atoms with Crippen LogP contribution in [0.2, 0.25) is 0 Å². The van der Waals surface area contributed by atoms with Gasteiger partial charge in [-0.15, -0.1) is 0 Å². The summed E-state index contributed by atoms with van der Waals surface area (Å²) in [5.74, 6) is 0. The first-order chi connectivity index (χ1) is 5.84. The van der Waals surface area contributed by atoms with Crippen molar-refractivity contribution >= 4 is 0 Å². The first kappa shape index (κ1) is 8.52. The van der Waals surface area contributed by atoms with E-state index in [-0.39, 0.29) is 0 Å². The highest BCUT2D eigenvalue weighted by molar-refractivity contribution is 4.84. The molecule has 70 valence electrons. The lowest BCUT2D eigenvalue weighted by Crippen LogP contribution is -2.38. The van der Waals surface area contributed by atoms with Gasteiger partial charge in [-0.2, -0.15) is 0 Å². The van der Waals surface area contributed by atoms with Gasteiger partial charge in [-0.05, 0) is 45.7 Å². The molecule has 0 radical (unpaired) electrons. The first-order valence-corrected chi connectivity index (χ1v) is 5.33. The second-order valence-corrected chi connectivity index (χ2v) is 4.35. The van der Waals surface area contributed by atoms with Crippen molar-refractivity contribution in [3.8, 4) is 0 Å². The van der Waals surface area contributed by atoms with Gasteiger partial charge in [0, 0.05) is 18.6 Å². The summed E-state index contributed by atoms with van der Waals surface area (Å²) in [4.78, 5) is 2.58. The molecule has 1 N–H and O–H groups in total. The number of hydrogen-bond acceptors (Lipinski definition) is 2. The van der Waals surface area contributed by atoms with Crippen LogP contribution in [-0.4, -0.2) is 36.6 Å². The maximum absolute atomic E-state index is 3.64. The lowest BCUT2D eigenvalue weighted by atomic mass is 10.3. The molecule has 0 spiro atoms. The third-order valence-electron chi connectivity index (χ3n) is 2.83. The Morgan fingerprint density at radius 2 is 2.00 bits per heavy atom. The van der Waals surface area contributed by atoms with Crippen molar-refractivity contribution in [3.05, 3.63) is 0 Å². The van der Waals surface area contributed by atoms with Crippen molar-refractivity contribution in [1.29, 1.82) is 0 Å². The van der Waals surface area contributed by atoms with Crippen LogP contribution in [0.25, 0.3) is 0 Å². The molecule has 1 unspecified atom stereocenters. The highest BCUT2D eigenvalue weighted by atomic mass is 15.2. The zero-order chi connectivity index (χ0) is 8.39. The molecule has 2 nitrogen and oxygen atoms in total. The van der Waals surface area contributed by atoms with Crippen molar-refractivity contribution in [3.63, 3.8) is 0 Å². The zero-order valence-electron chi connectivity index (χ0n) is 8.05. The average Bonchev–Trinajstić information content (AvgIpc) is 2.66. The van der Waals surface area contributed by atoms with Crippen LogP contribution in [0, 0.1) is 0 Å². The normalized spacial score (nSPS) is 27.8. The van der Waals surface area contributed by atoms with Crippen LogP contribution in [0.5, 0.6) is 0 Å². The predicted molar refractivity (Wildman–Crippen MR) is 51.3 cm³/mol. The fourth-order valence-corrected chi connectivity index (χ4v) is 2.06. The van der Waals surface area contributed by atoms with Crippen LogP contribution >= 0.6 is 0 Å². The monoisotopic (exact) mass is 168 g/mol. The minimum absolute atomic E-state index is 0.704. The van der Waals surface area contributed by atoms with E-state index in [1.165, 1.54) is 45.3 Å². The lowest BCUT2D eigenvalue weighted by Gasteiger charge is -2.20. The maximum Gasteiger partial charge on any atom is 0.0169 e. The molecule has 2 fully saturated rings. The molecule has 1 aliphatic heterocycles. The fraction of sp³-hybridized carbons (Fsp3) is 1.00. The molecule has 1 aliphatic carbocycles. The van der Waals surface area contributed by atoms with Gasteiger partial charge in [-0.25, -0.2) is 0 Å². The van der Waals surface area contributed by atoms with E-state index in [1.54, 1.807) is 0 Å². The van der Waals surface area contributed by atoms with E-state index >= 15 is 0 Å². The molecule has 1 atom stereocenters. The number of nitrogens with one attached hydrogen (secondary N) is 1. The molecule has 1 saturated carbocycles. The molecule has 2 rings (SSSR count). The summed E-state index contributed by atoms with van der Waals surface area (Å²) in [7, 11) is 0. The predicted octanol–water partition coefficient (Wildman–Crippen LogP) is 1.22. The summed E-state index contributed by atoms with van der Waals surface area (Å²) in [5, 5.41) is 3.64. The largest absolute Gasteiger partial charge is 0.310 e. The van der Waals surface area contributed by atoms with Crippen LogP contribution in [-0.2, 0) is 0 Å². The summed E-state index contributed by atoms with van der Waals surface area (Å²) in [6, 6.07) is 1.57. The summed E-state index contributed by atoms with van der Waals surface area (Å²) >= 11 is 0. The fourth-order valence-electron chi connectivity index (χ4n) is 2.06. The van der Waals surface area contributed by atoms with Crippen molar-refractivity contribution in [2.45, 2.75) is 44.7 Å². The first-order valence-electron chi connectivity index (χ1n) is 5.33. The number of nitrogens with zero attached hydrogens (tertiary/aromatic N) is 1. The molecule has 1 heterocycles. The minimum atomic E-state index is 0.704. The van der Waals surface area contributed by atoms with Gasteiger partial charge in [0.25, 0.3) is 0 Å². The molecular formula is C10H20N2. The molecule has 0 aromatic rings. The van der Waals surface area contributed by atoms with E-state index in [9.17, 15) is 0 Å². The second-order valence-electron chi connectivity index (χ2n) is 4.35. The Morgan fingerprint density at radius 3 is 2.58 bits per heavy atom. The van der Waals surface area contributed by atoms with Crippen LogP contribution in [0.15, 0.2) is 0 Å². The molecular weight excluding hydrogens is 148 g/mol. The van der Waals surface area contributed by atoms with Gasteiger partial charge in [-0.1, -0.05) is 0 Å². The molecule has 2 heteroatoms. The Balaban J connectivity index is 1.62. The molecule has 0 amide bonds. The van der Waals surface area contributed by atoms with E-state index in [4.69, 9.17) is 0 Å². The summed E-state index contributed by atoms with van der Waals surface area (Å²) in [6.07, 6.45) is 5.64. The highest BCUT2D eigenvalue weighted by Crippen LogP contribution is 2.19. The number of likely N-dealkylation sites (tertiary alicyclic amines) is 1. The Kier molecular flexibility index (Phi) is 2.66. The van der Waals surface area contributed by atoms with E-state index in [1.807, 2.05) is 0 Å². The SMILES string of the molecule is CC(CN1CCCC1)NC1CC1. The van der Waals surface area contributed by atoms with Crippen LogP contribution in [0.3, 0.4) is 0 Å². The van der Waals surface area contributed by atoms with Gasteiger partial charge >= 0.3 is 0 Å². The molecule has 2 aliphatic rings. The van der Waals surface area contributed by atoms with Crippen LogP contribution in [0.4, 0.5) is 0 Å². The van der Waals surface area contributed by atoms with E-state index < -0.39 is 0 Å². The summed E-state index contributed by atoms with van der Waals surface area (Å²) < 4.78 is 0. The zero-order valence-corrected chi connectivity index (χ0v) is 8.05. The van der Waals surface area contributed by atoms with Gasteiger partial charge in [-0.3, -0.25) is 0 Å². The van der Waals surface area contributed by atoms with Crippen LogP contribution in [0.1, 0.15) is 32.6 Å². The summed E-state index contributed by atoms with van der Waals surface area (Å²) in [6.45, 7) is 6.24. The minimum Gasteiger partial charge on any atom is -0.310 e. The van der Waals surface area contributed by atoms with Crippen LogP contribution < -0.4 is 5.32 Å². The van der Waals surface area contributed by atoms with Gasteiger partial charge in [0.15, 0.2) is 0 Å². The van der Waals surface area contributed by atoms with Gasteiger partial charge in [0.1, 0.15) is 0 Å². The topological polar surface area (TPSA) is 15.3 Å². The average molecular weight is 168 g/mol. The maximum atomic E-state index is 3.64. The summed E-state index contributed by atoms with van der Waals surface area (Å²) in [5.41, 5.74) is 0. The molecule has 0 aromatic carbocycles. The van der Waals surface area contributed by atoms with Crippen molar-refractivity contribution < 1.29 is 0 Å². The number of rotatable bonds is 4. The third kappa shape index (κ3) is 2.46. The Hall–Kier alpha value is -0.0800. The third-order valence-corrected chi connectivity index (χ3v) is 2.83. The van der Waals surface area contributed by atoms with Crippen molar-refractivity contribution in [2.24, 2.45) is 0 Å². The van der Waals surface area contributed by atoms with Crippen molar-refractivity contribution in [2.75, 3.05) is 19.6 Å². The van der Waals surface area contributed by atoms with Gasteiger partial charge < -0.3 is 10.2 Å². The smallest absolute Gasteiger partial charge is 0.0169 e. The Labute approximate surface area is 75.3 Å². The molecule has 0 aromatic heterocycles. The second kappa shape index (κ2) is 3.75. The van der Waals surface area contributed by atoms with E-state index in [2.05, 4.69) is 17.1 Å².